The summed E-state index contributed by atoms with van der Waals surface area (Å²) in [5, 5.41) is 22.3. The number of hydrogen-bond acceptors (Lipinski definition) is 5. The van der Waals surface area contributed by atoms with Crippen LogP contribution in [0.25, 0.3) is 0 Å². The van der Waals surface area contributed by atoms with Gasteiger partial charge in [0.05, 0.1) is 12.1 Å². The second-order valence-corrected chi connectivity index (χ2v) is 8.72. The Kier molecular flexibility index (Phi) is 12.8. The molecule has 2 aliphatic rings. The molecular formula is C23H31N3Na2O6. The van der Waals surface area contributed by atoms with Crippen LogP contribution in [0.15, 0.2) is 30.3 Å². The van der Waals surface area contributed by atoms with E-state index in [9.17, 15) is 29.4 Å². The van der Waals surface area contributed by atoms with Crippen molar-refractivity contribution in [3.63, 3.8) is 0 Å². The van der Waals surface area contributed by atoms with Gasteiger partial charge in [0.25, 0.3) is 0 Å². The Labute approximate surface area is 244 Å². The summed E-state index contributed by atoms with van der Waals surface area (Å²) < 4.78 is 0. The Hall–Kier alpha value is -0.940. The number of carbonyl (C=O) groups excluding carboxylic acids is 2. The third kappa shape index (κ3) is 7.53. The molecule has 2 fully saturated rings. The number of hydrogen-bond donors (Lipinski definition) is 3. The van der Waals surface area contributed by atoms with Crippen molar-refractivity contribution in [3.05, 3.63) is 35.9 Å². The van der Waals surface area contributed by atoms with Crippen molar-refractivity contribution in [3.8, 4) is 0 Å². The van der Waals surface area contributed by atoms with Crippen molar-refractivity contribution < 1.29 is 29.4 Å². The molecule has 3 rings (SSSR count). The average molecular weight is 491 g/mol. The monoisotopic (exact) mass is 491 g/mol. The van der Waals surface area contributed by atoms with Gasteiger partial charge in [0.1, 0.15) is 12.1 Å². The summed E-state index contributed by atoms with van der Waals surface area (Å²) in [7, 11) is 0. The third-order valence-corrected chi connectivity index (χ3v) is 6.61. The van der Waals surface area contributed by atoms with Gasteiger partial charge in [-0.1, -0.05) is 30.3 Å². The molecule has 2 saturated heterocycles. The maximum Gasteiger partial charge on any atom is 0.326 e. The second kappa shape index (κ2) is 14.0. The number of likely N-dealkylation sites (tertiary alicyclic amines) is 2. The molecule has 2 heterocycles. The topological polar surface area (TPSA) is 127 Å². The molecule has 9 nitrogen and oxygen atoms in total. The number of benzene rings is 1. The molecular weight excluding hydrogens is 460 g/mol. The van der Waals surface area contributed by atoms with E-state index >= 15 is 0 Å². The van der Waals surface area contributed by atoms with Crippen molar-refractivity contribution in [1.82, 2.24) is 15.1 Å². The van der Waals surface area contributed by atoms with Gasteiger partial charge in [-0.3, -0.25) is 19.7 Å². The van der Waals surface area contributed by atoms with Crippen LogP contribution in [-0.4, -0.2) is 140 Å². The van der Waals surface area contributed by atoms with Crippen LogP contribution in [-0.2, 0) is 25.6 Å². The zero-order valence-electron chi connectivity index (χ0n) is 20.4. The molecule has 176 valence electrons. The molecule has 0 bridgehead atoms. The Morgan fingerprint density at radius 1 is 1.12 bits per heavy atom. The van der Waals surface area contributed by atoms with Crippen LogP contribution in [0.2, 0.25) is 0 Å². The number of nitrogens with zero attached hydrogens (tertiary/aromatic N) is 2. The number of piperidine rings is 1. The molecule has 3 N–H and O–H groups in total. The SMILES string of the molecule is CC(=O)N1CCC2CC(C(=O)O)N(C(=O)C(C)NC(CCc3ccccc3)C(=O)O)C2C1.[Na].[Na]. The normalized spacial score (nSPS) is 23.1. The van der Waals surface area contributed by atoms with Crippen LogP contribution in [0, 0.1) is 5.92 Å². The number of carboxylic acid groups (broad SMARTS) is 2. The summed E-state index contributed by atoms with van der Waals surface area (Å²) in [6, 6.07) is 6.32. The predicted molar refractivity (Wildman–Crippen MR) is 127 cm³/mol. The van der Waals surface area contributed by atoms with Crippen molar-refractivity contribution in [2.45, 2.75) is 63.7 Å². The van der Waals surface area contributed by atoms with Crippen LogP contribution in [0.1, 0.15) is 38.7 Å². The molecule has 5 unspecified atom stereocenters. The zero-order valence-corrected chi connectivity index (χ0v) is 24.4. The van der Waals surface area contributed by atoms with Crippen LogP contribution < -0.4 is 5.32 Å². The molecule has 0 aromatic heterocycles. The van der Waals surface area contributed by atoms with E-state index < -0.39 is 36.0 Å². The fourth-order valence-corrected chi connectivity index (χ4v) is 4.85. The smallest absolute Gasteiger partial charge is 0.326 e. The van der Waals surface area contributed by atoms with E-state index in [-0.39, 0.29) is 77.0 Å². The molecule has 0 aliphatic carbocycles. The maximum absolute atomic E-state index is 13.3. The molecule has 0 saturated carbocycles. The summed E-state index contributed by atoms with van der Waals surface area (Å²) >= 11 is 0. The number of rotatable bonds is 8. The van der Waals surface area contributed by atoms with Crippen LogP contribution in [0.4, 0.5) is 0 Å². The number of nitrogens with one attached hydrogen (secondary N) is 1. The number of fused-ring (bicyclic) bond motifs is 1. The maximum atomic E-state index is 13.3. The first-order valence-electron chi connectivity index (χ1n) is 11.0. The first kappa shape index (κ1) is 31.1. The van der Waals surface area contributed by atoms with Crippen LogP contribution in [0.5, 0.6) is 0 Å². The molecule has 11 heteroatoms. The quantitative estimate of drug-likeness (QED) is 0.444. The van der Waals surface area contributed by atoms with E-state index in [4.69, 9.17) is 0 Å². The minimum absolute atomic E-state index is 0. The summed E-state index contributed by atoms with van der Waals surface area (Å²) in [6.45, 7) is 3.89. The minimum Gasteiger partial charge on any atom is -0.480 e. The molecule has 5 atom stereocenters. The van der Waals surface area contributed by atoms with E-state index in [1.165, 1.54) is 11.8 Å². The minimum atomic E-state index is -1.08. The van der Waals surface area contributed by atoms with Gasteiger partial charge in [0, 0.05) is 79.1 Å². The second-order valence-electron chi connectivity index (χ2n) is 8.72. The number of carbonyl (C=O) groups is 4. The average Bonchev–Trinajstić information content (AvgIpc) is 3.15. The fraction of sp³-hybridized carbons (Fsp3) is 0.565. The number of aliphatic carboxylic acids is 2. The van der Waals surface area contributed by atoms with Gasteiger partial charge < -0.3 is 20.0 Å². The standard InChI is InChI=1S/C23H31N3O6.2Na/c1-14(24-18(22(29)30)9-8-16-6-4-3-5-7-16)21(28)26-19(23(31)32)12-17-10-11-25(15(2)27)13-20(17)26;;/h3-7,14,17-20,24H,8-13H2,1-2H3,(H,29,30)(H,31,32);;. The Morgan fingerprint density at radius 3 is 2.32 bits per heavy atom. The van der Waals surface area contributed by atoms with Gasteiger partial charge in [-0.25, -0.2) is 4.79 Å². The van der Waals surface area contributed by atoms with Gasteiger partial charge in [-0.2, -0.15) is 0 Å². The molecule has 34 heavy (non-hydrogen) atoms. The molecule has 1 aromatic carbocycles. The third-order valence-electron chi connectivity index (χ3n) is 6.61. The Morgan fingerprint density at radius 2 is 1.76 bits per heavy atom. The van der Waals surface area contributed by atoms with Crippen LogP contribution >= 0.6 is 0 Å². The fourth-order valence-electron chi connectivity index (χ4n) is 4.85. The van der Waals surface area contributed by atoms with Crippen molar-refractivity contribution >= 4 is 82.9 Å². The van der Waals surface area contributed by atoms with Gasteiger partial charge in [0.2, 0.25) is 11.8 Å². The van der Waals surface area contributed by atoms with E-state index in [2.05, 4.69) is 5.32 Å². The number of amides is 2. The van der Waals surface area contributed by atoms with Crippen molar-refractivity contribution in [2.24, 2.45) is 5.92 Å². The van der Waals surface area contributed by atoms with Crippen molar-refractivity contribution in [2.75, 3.05) is 13.1 Å². The van der Waals surface area contributed by atoms with E-state index in [0.717, 1.165) is 5.56 Å². The molecule has 1 aromatic rings. The molecule has 2 radical (unpaired) electrons. The van der Waals surface area contributed by atoms with Crippen molar-refractivity contribution in [1.29, 1.82) is 0 Å². The van der Waals surface area contributed by atoms with E-state index in [1.807, 2.05) is 30.3 Å². The van der Waals surface area contributed by atoms with E-state index in [1.54, 1.807) is 11.8 Å². The van der Waals surface area contributed by atoms with E-state index in [0.29, 0.717) is 38.8 Å². The molecule has 0 spiro atoms. The van der Waals surface area contributed by atoms with Gasteiger partial charge in [-0.05, 0) is 44.1 Å². The molecule has 2 amide bonds. The predicted octanol–water partition coefficient (Wildman–Crippen LogP) is 0.211. The number of carboxylic acids is 2. The molecule has 2 aliphatic heterocycles. The van der Waals surface area contributed by atoms with Crippen LogP contribution in [0.3, 0.4) is 0 Å². The summed E-state index contributed by atoms with van der Waals surface area (Å²) in [5.41, 5.74) is 0.999. The van der Waals surface area contributed by atoms with Gasteiger partial charge in [-0.15, -0.1) is 0 Å². The zero-order chi connectivity index (χ0) is 23.4. The first-order valence-corrected chi connectivity index (χ1v) is 11.0. The Balaban J connectivity index is 0.00000289. The number of aryl methyl sites for hydroxylation is 1. The summed E-state index contributed by atoms with van der Waals surface area (Å²) in [5.74, 6) is -2.67. The van der Waals surface area contributed by atoms with Gasteiger partial charge in [0.15, 0.2) is 0 Å². The largest absolute Gasteiger partial charge is 0.480 e. The Bertz CT molecular complexity index is 872. The summed E-state index contributed by atoms with van der Waals surface area (Å²) in [4.78, 5) is 51.9. The first-order chi connectivity index (χ1) is 15.2. The summed E-state index contributed by atoms with van der Waals surface area (Å²) in [6.07, 6.45) is 1.82. The van der Waals surface area contributed by atoms with Gasteiger partial charge >= 0.3 is 11.9 Å².